The van der Waals surface area contributed by atoms with E-state index in [1.807, 2.05) is 41.1 Å². The molecule has 3 heterocycles. The number of hydrogen-bond donors (Lipinski definition) is 1. The fraction of sp³-hybridized carbons (Fsp3) is 0.211. The van der Waals surface area contributed by atoms with E-state index >= 15 is 0 Å². The second kappa shape index (κ2) is 6.71. The Hall–Kier alpha value is -3.42. The van der Waals surface area contributed by atoms with E-state index in [1.165, 1.54) is 13.2 Å². The van der Waals surface area contributed by atoms with Crippen molar-refractivity contribution in [3.63, 3.8) is 0 Å². The first-order valence-corrected chi connectivity index (χ1v) is 8.49. The van der Waals surface area contributed by atoms with Gasteiger partial charge in [0.1, 0.15) is 29.5 Å². The van der Waals surface area contributed by atoms with Crippen molar-refractivity contribution >= 4 is 11.5 Å². The van der Waals surface area contributed by atoms with Crippen molar-refractivity contribution in [3.05, 3.63) is 65.8 Å². The lowest BCUT2D eigenvalue weighted by atomic mass is 10.2. The number of imidazole rings is 1. The summed E-state index contributed by atoms with van der Waals surface area (Å²) in [5, 5.41) is 11.5. The Morgan fingerprint density at radius 2 is 2.04 bits per heavy atom. The van der Waals surface area contributed by atoms with Crippen LogP contribution >= 0.6 is 0 Å². The van der Waals surface area contributed by atoms with Gasteiger partial charge in [0.15, 0.2) is 5.65 Å². The molecule has 0 bridgehead atoms. The maximum absolute atomic E-state index is 14.2. The summed E-state index contributed by atoms with van der Waals surface area (Å²) in [7, 11) is 1.53. The number of hydrogen-bond acceptors (Lipinski definition) is 5. The lowest BCUT2D eigenvalue weighted by molar-refractivity contribution is 0.405. The molecule has 1 N–H and O–H groups in total. The van der Waals surface area contributed by atoms with Crippen LogP contribution in [-0.4, -0.2) is 31.3 Å². The van der Waals surface area contributed by atoms with E-state index < -0.39 is 0 Å². The second-order valence-corrected chi connectivity index (χ2v) is 6.20. The van der Waals surface area contributed by atoms with E-state index in [4.69, 9.17) is 4.74 Å². The molecule has 0 saturated heterocycles. The SMILES string of the molecule is COc1cccc(F)c1CNc1ccc(-n2cc(C)nc2C)c2nncn12. The zero-order chi connectivity index (χ0) is 19.0. The summed E-state index contributed by atoms with van der Waals surface area (Å²) in [4.78, 5) is 4.44. The first-order chi connectivity index (χ1) is 13.1. The number of methoxy groups -OCH3 is 1. The van der Waals surface area contributed by atoms with Gasteiger partial charge >= 0.3 is 0 Å². The first-order valence-electron chi connectivity index (χ1n) is 8.49. The fourth-order valence-electron chi connectivity index (χ4n) is 3.17. The lowest BCUT2D eigenvalue weighted by Gasteiger charge is -2.14. The van der Waals surface area contributed by atoms with Crippen LogP contribution in [0.1, 0.15) is 17.1 Å². The maximum Gasteiger partial charge on any atom is 0.186 e. The summed E-state index contributed by atoms with van der Waals surface area (Å²) in [5.74, 6) is 1.80. The average molecular weight is 366 g/mol. The minimum atomic E-state index is -0.317. The van der Waals surface area contributed by atoms with Gasteiger partial charge in [0, 0.05) is 18.3 Å². The number of halogens is 1. The van der Waals surface area contributed by atoms with Gasteiger partial charge in [-0.25, -0.2) is 9.37 Å². The third-order valence-corrected chi connectivity index (χ3v) is 4.44. The number of nitrogens with zero attached hydrogens (tertiary/aromatic N) is 5. The average Bonchev–Trinajstić information content (AvgIpc) is 3.27. The molecule has 0 radical (unpaired) electrons. The van der Waals surface area contributed by atoms with Crippen molar-refractivity contribution in [1.29, 1.82) is 0 Å². The molecule has 0 aliphatic heterocycles. The van der Waals surface area contributed by atoms with E-state index in [0.29, 0.717) is 17.0 Å². The third-order valence-electron chi connectivity index (χ3n) is 4.44. The maximum atomic E-state index is 14.2. The molecule has 4 rings (SSSR count). The van der Waals surface area contributed by atoms with Crippen LogP contribution in [0.15, 0.2) is 42.9 Å². The van der Waals surface area contributed by atoms with Crippen molar-refractivity contribution in [2.24, 2.45) is 0 Å². The van der Waals surface area contributed by atoms with E-state index in [9.17, 15) is 4.39 Å². The highest BCUT2D eigenvalue weighted by Crippen LogP contribution is 2.24. The molecule has 0 spiro atoms. The quantitative estimate of drug-likeness (QED) is 0.587. The highest BCUT2D eigenvalue weighted by Gasteiger charge is 2.14. The van der Waals surface area contributed by atoms with E-state index in [-0.39, 0.29) is 12.4 Å². The van der Waals surface area contributed by atoms with Gasteiger partial charge in [-0.2, -0.15) is 0 Å². The van der Waals surface area contributed by atoms with E-state index in [1.54, 1.807) is 18.5 Å². The largest absolute Gasteiger partial charge is 0.496 e. The van der Waals surface area contributed by atoms with Gasteiger partial charge in [-0.15, -0.1) is 10.2 Å². The molecule has 0 aliphatic carbocycles. The summed E-state index contributed by atoms with van der Waals surface area (Å²) < 4.78 is 23.2. The number of aryl methyl sites for hydroxylation is 2. The number of nitrogens with one attached hydrogen (secondary N) is 1. The van der Waals surface area contributed by atoms with Crippen molar-refractivity contribution in [2.45, 2.75) is 20.4 Å². The molecule has 1 aromatic carbocycles. The Labute approximate surface area is 155 Å². The molecule has 4 aromatic rings. The number of fused-ring (bicyclic) bond motifs is 1. The minimum Gasteiger partial charge on any atom is -0.496 e. The number of benzene rings is 1. The fourth-order valence-corrected chi connectivity index (χ4v) is 3.17. The van der Waals surface area contributed by atoms with Crippen molar-refractivity contribution in [1.82, 2.24) is 24.1 Å². The van der Waals surface area contributed by atoms with Crippen LogP contribution in [0, 0.1) is 19.7 Å². The monoisotopic (exact) mass is 366 g/mol. The zero-order valence-corrected chi connectivity index (χ0v) is 15.3. The summed E-state index contributed by atoms with van der Waals surface area (Å²) in [6.45, 7) is 4.16. The van der Waals surface area contributed by atoms with Crippen LogP contribution in [0.4, 0.5) is 10.2 Å². The van der Waals surface area contributed by atoms with Crippen molar-refractivity contribution < 1.29 is 9.13 Å². The third kappa shape index (κ3) is 2.99. The molecule has 8 heteroatoms. The molecule has 7 nitrogen and oxygen atoms in total. The molecular weight excluding hydrogens is 347 g/mol. The van der Waals surface area contributed by atoms with Crippen LogP contribution in [0.2, 0.25) is 0 Å². The number of pyridine rings is 1. The van der Waals surface area contributed by atoms with Gasteiger partial charge in [-0.05, 0) is 38.1 Å². The molecule has 0 amide bonds. The molecule has 138 valence electrons. The van der Waals surface area contributed by atoms with Gasteiger partial charge in [0.2, 0.25) is 0 Å². The summed E-state index contributed by atoms with van der Waals surface area (Å²) in [6.07, 6.45) is 3.58. The predicted molar refractivity (Wildman–Crippen MR) is 99.9 cm³/mol. The van der Waals surface area contributed by atoms with Crippen molar-refractivity contribution in [3.8, 4) is 11.4 Å². The Morgan fingerprint density at radius 1 is 1.19 bits per heavy atom. The van der Waals surface area contributed by atoms with E-state index in [0.717, 1.165) is 23.0 Å². The minimum absolute atomic E-state index is 0.270. The second-order valence-electron chi connectivity index (χ2n) is 6.20. The van der Waals surface area contributed by atoms with Gasteiger partial charge in [-0.3, -0.25) is 4.40 Å². The summed E-state index contributed by atoms with van der Waals surface area (Å²) >= 11 is 0. The van der Waals surface area contributed by atoms with Crippen LogP contribution in [0.3, 0.4) is 0 Å². The number of ether oxygens (including phenoxy) is 1. The molecule has 0 atom stereocenters. The number of aromatic nitrogens is 5. The lowest BCUT2D eigenvalue weighted by Crippen LogP contribution is -2.08. The number of rotatable bonds is 5. The molecule has 0 saturated carbocycles. The molecule has 0 aliphatic rings. The molecular formula is C19H19FN6O. The Kier molecular flexibility index (Phi) is 4.23. The first kappa shape index (κ1) is 17.0. The van der Waals surface area contributed by atoms with Crippen LogP contribution < -0.4 is 10.1 Å². The zero-order valence-electron chi connectivity index (χ0n) is 15.3. The van der Waals surface area contributed by atoms with Gasteiger partial charge < -0.3 is 14.6 Å². The topological polar surface area (TPSA) is 69.3 Å². The van der Waals surface area contributed by atoms with Crippen LogP contribution in [0.5, 0.6) is 5.75 Å². The van der Waals surface area contributed by atoms with Gasteiger partial charge in [0.05, 0.1) is 18.5 Å². The predicted octanol–water partition coefficient (Wildman–Crippen LogP) is 3.29. The van der Waals surface area contributed by atoms with Gasteiger partial charge in [-0.1, -0.05) is 6.07 Å². The Bertz CT molecular complexity index is 1120. The van der Waals surface area contributed by atoms with Crippen LogP contribution in [-0.2, 0) is 6.54 Å². The summed E-state index contributed by atoms with van der Waals surface area (Å²) in [6, 6.07) is 8.63. The molecule has 3 aromatic heterocycles. The van der Waals surface area contributed by atoms with E-state index in [2.05, 4.69) is 20.5 Å². The highest BCUT2D eigenvalue weighted by molar-refractivity contribution is 5.64. The molecule has 0 unspecified atom stereocenters. The Balaban J connectivity index is 1.70. The van der Waals surface area contributed by atoms with Crippen molar-refractivity contribution in [2.75, 3.05) is 12.4 Å². The Morgan fingerprint density at radius 3 is 2.78 bits per heavy atom. The van der Waals surface area contributed by atoms with Crippen LogP contribution in [0.25, 0.3) is 11.3 Å². The molecule has 0 fully saturated rings. The summed E-state index contributed by atoms with van der Waals surface area (Å²) in [5.41, 5.74) is 2.95. The number of anilines is 1. The van der Waals surface area contributed by atoms with Gasteiger partial charge in [0.25, 0.3) is 0 Å². The normalized spacial score (nSPS) is 11.1. The highest BCUT2D eigenvalue weighted by atomic mass is 19.1. The molecule has 27 heavy (non-hydrogen) atoms. The standard InChI is InChI=1S/C19H19FN6O/c1-12-10-25(13(2)23-12)16-7-8-18(26-11-22-24-19(16)26)21-9-14-15(20)5-4-6-17(14)27-3/h4-8,10-11,21H,9H2,1-3H3. The smallest absolute Gasteiger partial charge is 0.186 e.